The van der Waals surface area contributed by atoms with E-state index in [2.05, 4.69) is 22.3 Å². The number of anilines is 1. The number of ketones is 1. The number of phenolic OH excluding ortho intramolecular Hbond substituents is 1. The molecule has 0 bridgehead atoms. The maximum atomic E-state index is 12.7. The molecule has 6 nitrogen and oxygen atoms in total. The molecule has 0 radical (unpaired) electrons. The van der Waals surface area contributed by atoms with Crippen LogP contribution in [0.1, 0.15) is 37.2 Å². The van der Waals surface area contributed by atoms with Gasteiger partial charge in [-0.05, 0) is 37.0 Å². The van der Waals surface area contributed by atoms with Crippen molar-refractivity contribution in [1.29, 1.82) is 0 Å². The number of carbonyl (C=O) groups excluding carboxylic acids is 1. The highest BCUT2D eigenvalue weighted by Crippen LogP contribution is 2.41. The molecule has 4 rings (SSSR count). The summed E-state index contributed by atoms with van der Waals surface area (Å²) >= 11 is 0. The molecule has 0 unspecified atom stereocenters. The Morgan fingerprint density at radius 1 is 1.26 bits per heavy atom. The third-order valence-corrected chi connectivity index (χ3v) is 4.44. The average molecular weight is 310 g/mol. The minimum atomic E-state index is -0.289. The first-order valence-corrected chi connectivity index (χ1v) is 7.78. The zero-order valence-electron chi connectivity index (χ0n) is 13.1. The molecular weight excluding hydrogens is 292 g/mol. The maximum Gasteiger partial charge on any atom is 0.226 e. The van der Waals surface area contributed by atoms with Crippen LogP contribution in [-0.4, -0.2) is 25.7 Å². The number of aromatic nitrogens is 3. The van der Waals surface area contributed by atoms with E-state index in [9.17, 15) is 9.90 Å². The number of aromatic hydroxyl groups is 1. The monoisotopic (exact) mass is 310 g/mol. The fourth-order valence-corrected chi connectivity index (χ4v) is 3.48. The molecule has 1 aromatic carbocycles. The number of benzene rings is 1. The van der Waals surface area contributed by atoms with Gasteiger partial charge in [0.05, 0.1) is 0 Å². The summed E-state index contributed by atoms with van der Waals surface area (Å²) in [6, 6.07) is 6.65. The van der Waals surface area contributed by atoms with Crippen LogP contribution in [0.3, 0.4) is 0 Å². The largest absolute Gasteiger partial charge is 0.508 e. The summed E-state index contributed by atoms with van der Waals surface area (Å²) < 4.78 is 1.77. The second-order valence-electron chi connectivity index (χ2n) is 6.38. The number of allylic oxidation sites excluding steroid dienone is 2. The van der Waals surface area contributed by atoms with Crippen LogP contribution < -0.4 is 5.32 Å². The first kappa shape index (κ1) is 14.0. The van der Waals surface area contributed by atoms with E-state index in [4.69, 9.17) is 0 Å². The number of aryl methyl sites for hydroxylation is 1. The van der Waals surface area contributed by atoms with Gasteiger partial charge in [0.1, 0.15) is 17.6 Å². The molecule has 6 heteroatoms. The molecule has 2 aromatic rings. The highest BCUT2D eigenvalue weighted by atomic mass is 16.3. The van der Waals surface area contributed by atoms with Crippen LogP contribution >= 0.6 is 0 Å². The van der Waals surface area contributed by atoms with Crippen LogP contribution in [0.4, 0.5) is 5.95 Å². The number of fused-ring (bicyclic) bond motifs is 1. The van der Waals surface area contributed by atoms with Crippen molar-refractivity contribution < 1.29 is 9.90 Å². The normalized spacial score (nSPS) is 23.3. The molecule has 23 heavy (non-hydrogen) atoms. The predicted molar refractivity (Wildman–Crippen MR) is 85.1 cm³/mol. The molecule has 2 heterocycles. The van der Waals surface area contributed by atoms with E-state index in [-0.39, 0.29) is 17.6 Å². The summed E-state index contributed by atoms with van der Waals surface area (Å²) in [6.07, 6.45) is 1.39. The van der Waals surface area contributed by atoms with Gasteiger partial charge in [-0.15, -0.1) is 0 Å². The van der Waals surface area contributed by atoms with Crippen molar-refractivity contribution in [2.75, 3.05) is 5.32 Å². The molecule has 2 N–H and O–H groups in total. The third-order valence-electron chi connectivity index (χ3n) is 4.44. The van der Waals surface area contributed by atoms with E-state index in [0.29, 0.717) is 24.1 Å². The number of rotatable bonds is 1. The summed E-state index contributed by atoms with van der Waals surface area (Å²) in [5.74, 6) is 2.02. The Labute approximate surface area is 133 Å². The molecule has 0 spiro atoms. The van der Waals surface area contributed by atoms with Crippen molar-refractivity contribution in [3.63, 3.8) is 0 Å². The molecule has 0 amide bonds. The van der Waals surface area contributed by atoms with Crippen LogP contribution in [0.25, 0.3) is 0 Å². The zero-order valence-corrected chi connectivity index (χ0v) is 13.1. The van der Waals surface area contributed by atoms with Crippen molar-refractivity contribution in [1.82, 2.24) is 14.8 Å². The van der Waals surface area contributed by atoms with Gasteiger partial charge in [0.25, 0.3) is 0 Å². The van der Waals surface area contributed by atoms with Gasteiger partial charge < -0.3 is 10.4 Å². The van der Waals surface area contributed by atoms with Crippen molar-refractivity contribution in [3.8, 4) is 5.75 Å². The SMILES string of the molecule is Cc1nc2n(n1)[C@@H](c1ccc(O)cc1)C1=C(C[C@@H](C)CC1=O)N2. The van der Waals surface area contributed by atoms with Gasteiger partial charge in [0.15, 0.2) is 5.78 Å². The molecule has 1 aliphatic heterocycles. The Balaban J connectivity index is 1.91. The van der Waals surface area contributed by atoms with E-state index in [1.807, 2.05) is 19.1 Å². The van der Waals surface area contributed by atoms with Crippen molar-refractivity contribution in [2.45, 2.75) is 32.7 Å². The lowest BCUT2D eigenvalue weighted by Crippen LogP contribution is -2.33. The summed E-state index contributed by atoms with van der Waals surface area (Å²) in [5.41, 5.74) is 2.64. The smallest absolute Gasteiger partial charge is 0.226 e. The van der Waals surface area contributed by atoms with E-state index < -0.39 is 0 Å². The van der Waals surface area contributed by atoms with Crippen molar-refractivity contribution in [2.24, 2.45) is 5.92 Å². The second kappa shape index (κ2) is 4.94. The number of hydrogen-bond acceptors (Lipinski definition) is 5. The molecule has 0 saturated heterocycles. The molecule has 2 atom stereocenters. The summed E-state index contributed by atoms with van der Waals surface area (Å²) in [7, 11) is 0. The topological polar surface area (TPSA) is 80.0 Å². The van der Waals surface area contributed by atoms with Gasteiger partial charge in [0, 0.05) is 17.7 Å². The van der Waals surface area contributed by atoms with Gasteiger partial charge in [-0.1, -0.05) is 19.1 Å². The quantitative estimate of drug-likeness (QED) is 0.846. The molecular formula is C17H18N4O2. The van der Waals surface area contributed by atoms with E-state index in [0.717, 1.165) is 23.3 Å². The zero-order chi connectivity index (χ0) is 16.1. The Hall–Kier alpha value is -2.63. The number of phenols is 1. The van der Waals surface area contributed by atoms with Gasteiger partial charge in [-0.25, -0.2) is 4.68 Å². The summed E-state index contributed by atoms with van der Waals surface area (Å²) in [6.45, 7) is 3.92. The van der Waals surface area contributed by atoms with Crippen LogP contribution in [0.2, 0.25) is 0 Å². The number of hydrogen-bond donors (Lipinski definition) is 2. The van der Waals surface area contributed by atoms with Crippen molar-refractivity contribution in [3.05, 3.63) is 46.9 Å². The molecule has 2 aliphatic rings. The molecule has 1 aromatic heterocycles. The van der Waals surface area contributed by atoms with Crippen LogP contribution in [0, 0.1) is 12.8 Å². The first-order chi connectivity index (χ1) is 11.0. The number of carbonyl (C=O) groups is 1. The Kier molecular flexibility index (Phi) is 3.01. The van der Waals surface area contributed by atoms with Gasteiger partial charge in [-0.2, -0.15) is 10.1 Å². The fraction of sp³-hybridized carbons (Fsp3) is 0.353. The lowest BCUT2D eigenvalue weighted by molar-refractivity contribution is -0.117. The number of Topliss-reactive ketones (excluding diaryl/α,β-unsaturated/α-hetero) is 1. The first-order valence-electron chi connectivity index (χ1n) is 7.78. The number of nitrogens with zero attached hydrogens (tertiary/aromatic N) is 3. The van der Waals surface area contributed by atoms with Crippen LogP contribution in [0.15, 0.2) is 35.5 Å². The second-order valence-corrected chi connectivity index (χ2v) is 6.38. The van der Waals surface area contributed by atoms with Crippen molar-refractivity contribution >= 4 is 11.7 Å². The average Bonchev–Trinajstić information content (AvgIpc) is 2.85. The van der Waals surface area contributed by atoms with E-state index in [1.165, 1.54) is 0 Å². The predicted octanol–water partition coefficient (Wildman–Crippen LogP) is 2.56. The van der Waals surface area contributed by atoms with E-state index in [1.54, 1.807) is 16.8 Å². The molecule has 0 saturated carbocycles. The van der Waals surface area contributed by atoms with Gasteiger partial charge in [0.2, 0.25) is 5.95 Å². The van der Waals surface area contributed by atoms with Gasteiger partial charge >= 0.3 is 0 Å². The minimum absolute atomic E-state index is 0.156. The van der Waals surface area contributed by atoms with Crippen LogP contribution in [-0.2, 0) is 4.79 Å². The lowest BCUT2D eigenvalue weighted by atomic mass is 9.81. The van der Waals surface area contributed by atoms with Crippen LogP contribution in [0.5, 0.6) is 5.75 Å². The fourth-order valence-electron chi connectivity index (χ4n) is 3.48. The Morgan fingerprint density at radius 2 is 2.00 bits per heavy atom. The number of nitrogens with one attached hydrogen (secondary N) is 1. The molecule has 0 fully saturated rings. The van der Waals surface area contributed by atoms with Gasteiger partial charge in [-0.3, -0.25) is 4.79 Å². The molecule has 1 aliphatic carbocycles. The third kappa shape index (κ3) is 2.21. The highest BCUT2D eigenvalue weighted by molar-refractivity contribution is 5.99. The summed E-state index contributed by atoms with van der Waals surface area (Å²) in [5, 5.41) is 17.3. The molecule has 118 valence electrons. The summed E-state index contributed by atoms with van der Waals surface area (Å²) in [4.78, 5) is 17.1. The standard InChI is InChI=1S/C17H18N4O2/c1-9-7-13-15(14(23)8-9)16(11-3-5-12(22)6-4-11)21-17(19-13)18-10(2)20-21/h3-6,9,16,22H,7-8H2,1-2H3,(H,18,19,20)/t9-,16+/m1/s1. The minimum Gasteiger partial charge on any atom is -0.508 e. The maximum absolute atomic E-state index is 12.7. The van der Waals surface area contributed by atoms with E-state index >= 15 is 0 Å². The lowest BCUT2D eigenvalue weighted by Gasteiger charge is -2.34. The highest BCUT2D eigenvalue weighted by Gasteiger charge is 2.38. The Bertz CT molecular complexity index is 820. The Morgan fingerprint density at radius 3 is 2.74 bits per heavy atom.